The molecule has 0 fully saturated rings. The number of hydrogen-bond donors (Lipinski definition) is 0. The van der Waals surface area contributed by atoms with Gasteiger partial charge in [-0.05, 0) is 30.1 Å². The van der Waals surface area contributed by atoms with Gasteiger partial charge >= 0.3 is 0 Å². The Morgan fingerprint density at radius 2 is 2.00 bits per heavy atom. The molecule has 2 aromatic heterocycles. The molecule has 6 heteroatoms. The molecule has 0 spiro atoms. The summed E-state index contributed by atoms with van der Waals surface area (Å²) >= 11 is 1.36. The highest BCUT2D eigenvalue weighted by Crippen LogP contribution is 2.26. The van der Waals surface area contributed by atoms with E-state index in [1.165, 1.54) is 11.5 Å². The number of nitrogens with zero attached hydrogens (tertiary/aromatic N) is 5. The lowest BCUT2D eigenvalue weighted by Crippen LogP contribution is -1.96. The summed E-state index contributed by atoms with van der Waals surface area (Å²) in [4.78, 5) is 0.985. The minimum absolute atomic E-state index is 0.799. The van der Waals surface area contributed by atoms with Crippen LogP contribution in [0.25, 0.3) is 16.4 Å². The zero-order valence-corrected chi connectivity index (χ0v) is 10.6. The molecule has 3 aromatic rings. The normalized spacial score (nSPS) is 10.7. The van der Waals surface area contributed by atoms with Gasteiger partial charge in [0.15, 0.2) is 5.82 Å². The first-order chi connectivity index (χ1) is 8.90. The minimum atomic E-state index is 0.799. The van der Waals surface area contributed by atoms with Gasteiger partial charge in [0.1, 0.15) is 11.2 Å². The Morgan fingerprint density at radius 3 is 2.78 bits per heavy atom. The first kappa shape index (κ1) is 11.0. The summed E-state index contributed by atoms with van der Waals surface area (Å²) in [6.07, 6.45) is 2.55. The van der Waals surface area contributed by atoms with Crippen LogP contribution in [0, 0.1) is 0 Å². The monoisotopic (exact) mass is 257 g/mol. The molecule has 5 nitrogen and oxygen atoms in total. The van der Waals surface area contributed by atoms with Crippen molar-refractivity contribution in [3.63, 3.8) is 0 Å². The molecular weight excluding hydrogens is 246 g/mol. The molecule has 1 aromatic carbocycles. The summed E-state index contributed by atoms with van der Waals surface area (Å²) in [6.45, 7) is 2.06. The average molecular weight is 257 g/mol. The van der Waals surface area contributed by atoms with Crippen LogP contribution in [-0.4, -0.2) is 24.4 Å². The van der Waals surface area contributed by atoms with Crippen molar-refractivity contribution in [3.05, 3.63) is 42.4 Å². The highest BCUT2D eigenvalue weighted by molar-refractivity contribution is 7.09. The number of rotatable bonds is 3. The van der Waals surface area contributed by atoms with Gasteiger partial charge in [-0.1, -0.05) is 29.6 Å². The molecular formula is C12H11N5S. The van der Waals surface area contributed by atoms with Gasteiger partial charge in [-0.2, -0.15) is 0 Å². The quantitative estimate of drug-likeness (QED) is 0.722. The lowest BCUT2D eigenvalue weighted by molar-refractivity contribution is 0.981. The second-order valence-electron chi connectivity index (χ2n) is 3.76. The molecule has 0 radical (unpaired) electrons. The number of para-hydroxylation sites is 1. The SMILES string of the molecule is CCc1nnsc1-c1nncn1-c1ccccc1. The molecule has 0 aliphatic heterocycles. The van der Waals surface area contributed by atoms with Crippen molar-refractivity contribution in [2.45, 2.75) is 13.3 Å². The van der Waals surface area contributed by atoms with Crippen molar-refractivity contribution in [1.82, 2.24) is 24.4 Å². The fourth-order valence-electron chi connectivity index (χ4n) is 1.78. The third kappa shape index (κ3) is 1.80. The maximum absolute atomic E-state index is 4.19. The van der Waals surface area contributed by atoms with Crippen LogP contribution in [0.1, 0.15) is 12.6 Å². The van der Waals surface area contributed by atoms with E-state index in [9.17, 15) is 0 Å². The fraction of sp³-hybridized carbons (Fsp3) is 0.167. The van der Waals surface area contributed by atoms with Crippen LogP contribution >= 0.6 is 11.5 Å². The molecule has 0 aliphatic rings. The predicted molar refractivity (Wildman–Crippen MR) is 69.6 cm³/mol. The van der Waals surface area contributed by atoms with E-state index in [4.69, 9.17) is 0 Å². The van der Waals surface area contributed by atoms with Crippen molar-refractivity contribution in [2.75, 3.05) is 0 Å². The van der Waals surface area contributed by atoms with E-state index in [0.29, 0.717) is 0 Å². The molecule has 0 unspecified atom stereocenters. The highest BCUT2D eigenvalue weighted by atomic mass is 32.1. The lowest BCUT2D eigenvalue weighted by atomic mass is 10.2. The van der Waals surface area contributed by atoms with E-state index in [1.807, 2.05) is 34.9 Å². The number of aromatic nitrogens is 5. The van der Waals surface area contributed by atoms with Gasteiger partial charge in [0, 0.05) is 5.69 Å². The van der Waals surface area contributed by atoms with Crippen LogP contribution in [0.15, 0.2) is 36.7 Å². The maximum Gasteiger partial charge on any atom is 0.182 e. The van der Waals surface area contributed by atoms with E-state index in [2.05, 4.69) is 26.7 Å². The Morgan fingerprint density at radius 1 is 1.17 bits per heavy atom. The van der Waals surface area contributed by atoms with E-state index < -0.39 is 0 Å². The van der Waals surface area contributed by atoms with Crippen molar-refractivity contribution in [1.29, 1.82) is 0 Å². The first-order valence-corrected chi connectivity index (χ1v) is 6.44. The Labute approximate surface area is 108 Å². The molecule has 0 atom stereocenters. The molecule has 3 rings (SSSR count). The molecule has 0 saturated heterocycles. The van der Waals surface area contributed by atoms with Gasteiger partial charge in [0.25, 0.3) is 0 Å². The molecule has 90 valence electrons. The van der Waals surface area contributed by atoms with Crippen LogP contribution in [0.3, 0.4) is 0 Å². The van der Waals surface area contributed by atoms with Crippen LogP contribution in [0.5, 0.6) is 0 Å². The second kappa shape index (κ2) is 4.66. The lowest BCUT2D eigenvalue weighted by Gasteiger charge is -2.04. The van der Waals surface area contributed by atoms with Gasteiger partial charge in [0.05, 0.1) is 5.69 Å². The zero-order valence-electron chi connectivity index (χ0n) is 9.82. The minimum Gasteiger partial charge on any atom is -0.281 e. The van der Waals surface area contributed by atoms with E-state index in [-0.39, 0.29) is 0 Å². The van der Waals surface area contributed by atoms with Crippen LogP contribution in [0.4, 0.5) is 0 Å². The average Bonchev–Trinajstić information content (AvgIpc) is 3.07. The third-order valence-corrected chi connectivity index (χ3v) is 3.44. The molecule has 0 N–H and O–H groups in total. The largest absolute Gasteiger partial charge is 0.281 e. The first-order valence-electron chi connectivity index (χ1n) is 5.67. The van der Waals surface area contributed by atoms with Gasteiger partial charge in [0.2, 0.25) is 0 Å². The third-order valence-electron chi connectivity index (χ3n) is 2.68. The van der Waals surface area contributed by atoms with Crippen molar-refractivity contribution < 1.29 is 0 Å². The summed E-state index contributed by atoms with van der Waals surface area (Å²) in [5.41, 5.74) is 2.00. The second-order valence-corrected chi connectivity index (χ2v) is 4.52. The molecule has 0 amide bonds. The number of benzene rings is 1. The molecule has 0 bridgehead atoms. The Hall–Kier alpha value is -2.08. The van der Waals surface area contributed by atoms with Crippen molar-refractivity contribution >= 4 is 11.5 Å². The Balaban J connectivity index is 2.13. The fourth-order valence-corrected chi connectivity index (χ4v) is 2.51. The topological polar surface area (TPSA) is 56.5 Å². The summed E-state index contributed by atoms with van der Waals surface area (Å²) in [5, 5.41) is 12.3. The summed E-state index contributed by atoms with van der Waals surface area (Å²) in [5.74, 6) is 0.799. The smallest absolute Gasteiger partial charge is 0.182 e. The van der Waals surface area contributed by atoms with E-state index >= 15 is 0 Å². The van der Waals surface area contributed by atoms with E-state index in [1.54, 1.807) is 6.33 Å². The summed E-state index contributed by atoms with van der Waals surface area (Å²) < 4.78 is 5.95. The Bertz CT molecular complexity index is 643. The van der Waals surface area contributed by atoms with E-state index in [0.717, 1.165) is 28.5 Å². The van der Waals surface area contributed by atoms with Crippen molar-refractivity contribution in [3.8, 4) is 16.4 Å². The predicted octanol–water partition coefficient (Wildman–Crippen LogP) is 2.35. The number of aryl methyl sites for hydroxylation is 1. The standard InChI is InChI=1S/C12H11N5S/c1-2-10-11(18-16-14-10)12-15-13-8-17(12)9-6-4-3-5-7-9/h3-8H,2H2,1H3. The molecule has 2 heterocycles. The van der Waals surface area contributed by atoms with Crippen LogP contribution in [0.2, 0.25) is 0 Å². The zero-order chi connectivity index (χ0) is 12.4. The van der Waals surface area contributed by atoms with Crippen LogP contribution < -0.4 is 0 Å². The number of hydrogen-bond acceptors (Lipinski definition) is 5. The van der Waals surface area contributed by atoms with Gasteiger partial charge in [-0.15, -0.1) is 15.3 Å². The molecule has 0 aliphatic carbocycles. The van der Waals surface area contributed by atoms with Crippen LogP contribution in [-0.2, 0) is 6.42 Å². The van der Waals surface area contributed by atoms with Gasteiger partial charge in [-0.25, -0.2) is 0 Å². The van der Waals surface area contributed by atoms with Gasteiger partial charge in [-0.3, -0.25) is 4.57 Å². The molecule has 0 saturated carbocycles. The summed E-state index contributed by atoms with van der Waals surface area (Å²) in [7, 11) is 0. The van der Waals surface area contributed by atoms with Crippen molar-refractivity contribution in [2.24, 2.45) is 0 Å². The van der Waals surface area contributed by atoms with Gasteiger partial charge < -0.3 is 0 Å². The maximum atomic E-state index is 4.19. The Kier molecular flexibility index (Phi) is 2.85. The highest BCUT2D eigenvalue weighted by Gasteiger charge is 2.15. The summed E-state index contributed by atoms with van der Waals surface area (Å²) in [6, 6.07) is 10.0. The molecule has 18 heavy (non-hydrogen) atoms.